The molecule has 1 fully saturated rings. The number of nitrogens with one attached hydrogen (secondary N) is 2. The molecule has 38 heavy (non-hydrogen) atoms. The minimum absolute atomic E-state index is 0.0731. The van der Waals surface area contributed by atoms with Crippen molar-refractivity contribution < 1.29 is 33.4 Å². The lowest BCUT2D eigenvalue weighted by atomic mass is 9.99. The summed E-state index contributed by atoms with van der Waals surface area (Å²) in [6, 6.07) is 4.73. The van der Waals surface area contributed by atoms with E-state index >= 15 is 0 Å². The van der Waals surface area contributed by atoms with E-state index in [0.29, 0.717) is 12.0 Å². The fourth-order valence-corrected chi connectivity index (χ4v) is 4.05. The number of nitrogens with two attached hydrogens (primary N) is 1. The number of benzene rings is 1. The van der Waals surface area contributed by atoms with E-state index in [0.717, 1.165) is 12.0 Å². The number of rotatable bonds is 12. The minimum atomic E-state index is -1.17. The Morgan fingerprint density at radius 1 is 1.13 bits per heavy atom. The molecule has 0 aromatic heterocycles. The van der Waals surface area contributed by atoms with Crippen molar-refractivity contribution in [1.82, 2.24) is 15.5 Å². The van der Waals surface area contributed by atoms with Crippen LogP contribution in [0.25, 0.3) is 0 Å². The van der Waals surface area contributed by atoms with Crippen LogP contribution in [0, 0.1) is 5.92 Å². The number of ether oxygens (including phenoxy) is 2. The van der Waals surface area contributed by atoms with Gasteiger partial charge in [0.25, 0.3) is 0 Å². The lowest BCUT2D eigenvalue weighted by Crippen LogP contribution is -2.54. The lowest BCUT2D eigenvalue weighted by molar-refractivity contribution is -0.145. The molecule has 0 bridgehead atoms. The third kappa shape index (κ3) is 9.04. The van der Waals surface area contributed by atoms with Gasteiger partial charge in [-0.3, -0.25) is 19.2 Å². The SMILES string of the molecule is CCc1ccc(C(C(=O)NCC(=O)OC)N(C(=O)C(CCC(N)=O)NC(=O)OC(C)(C)C)C2CC2C)cc1. The Morgan fingerprint density at radius 2 is 1.74 bits per heavy atom. The maximum atomic E-state index is 14.1. The second-order valence-corrected chi connectivity index (χ2v) is 10.5. The zero-order valence-electron chi connectivity index (χ0n) is 23.0. The Hall–Kier alpha value is -3.63. The molecule has 1 aliphatic carbocycles. The van der Waals surface area contributed by atoms with Crippen molar-refractivity contribution in [1.29, 1.82) is 0 Å². The van der Waals surface area contributed by atoms with Crippen LogP contribution in [0.15, 0.2) is 24.3 Å². The Labute approximate surface area is 223 Å². The molecule has 0 spiro atoms. The van der Waals surface area contributed by atoms with Gasteiger partial charge in [0.2, 0.25) is 17.7 Å². The molecule has 210 valence electrons. The van der Waals surface area contributed by atoms with E-state index in [1.807, 2.05) is 26.0 Å². The highest BCUT2D eigenvalue weighted by Crippen LogP contribution is 2.41. The van der Waals surface area contributed by atoms with Crippen molar-refractivity contribution in [2.75, 3.05) is 13.7 Å². The molecular weight excluding hydrogens is 492 g/mol. The van der Waals surface area contributed by atoms with Crippen LogP contribution in [-0.2, 0) is 35.1 Å². The monoisotopic (exact) mass is 532 g/mol. The summed E-state index contributed by atoms with van der Waals surface area (Å²) in [6.45, 7) is 8.64. The molecule has 1 aromatic carbocycles. The van der Waals surface area contributed by atoms with Gasteiger partial charge >= 0.3 is 12.1 Å². The van der Waals surface area contributed by atoms with Gasteiger partial charge in [-0.2, -0.15) is 0 Å². The number of methoxy groups -OCH3 is 1. The Morgan fingerprint density at radius 3 is 2.21 bits per heavy atom. The van der Waals surface area contributed by atoms with Crippen molar-refractivity contribution in [2.24, 2.45) is 11.7 Å². The number of aryl methyl sites for hydroxylation is 1. The molecule has 0 radical (unpaired) electrons. The van der Waals surface area contributed by atoms with Gasteiger partial charge in [-0.1, -0.05) is 38.1 Å². The molecular formula is C27H40N4O7. The molecule has 11 nitrogen and oxygen atoms in total. The molecule has 1 saturated carbocycles. The van der Waals surface area contributed by atoms with E-state index in [1.165, 1.54) is 12.0 Å². The zero-order chi connectivity index (χ0) is 28.6. The second kappa shape index (κ2) is 13.3. The number of carbonyl (C=O) groups is 5. The van der Waals surface area contributed by atoms with E-state index in [1.54, 1.807) is 32.9 Å². The number of amides is 4. The third-order valence-corrected chi connectivity index (χ3v) is 6.21. The van der Waals surface area contributed by atoms with Crippen molar-refractivity contribution in [3.8, 4) is 0 Å². The van der Waals surface area contributed by atoms with Gasteiger partial charge in [-0.05, 0) is 57.1 Å². The van der Waals surface area contributed by atoms with Crippen LogP contribution in [0.1, 0.15) is 71.0 Å². The van der Waals surface area contributed by atoms with Crippen LogP contribution >= 0.6 is 0 Å². The predicted octanol–water partition coefficient (Wildman–Crippen LogP) is 1.98. The average Bonchev–Trinajstić information content (AvgIpc) is 3.57. The largest absolute Gasteiger partial charge is 0.468 e. The van der Waals surface area contributed by atoms with Crippen molar-refractivity contribution in [3.05, 3.63) is 35.4 Å². The molecule has 4 N–H and O–H groups in total. The van der Waals surface area contributed by atoms with E-state index in [2.05, 4.69) is 15.4 Å². The maximum Gasteiger partial charge on any atom is 0.408 e. The Balaban J connectivity index is 2.49. The summed E-state index contributed by atoms with van der Waals surface area (Å²) < 4.78 is 9.97. The van der Waals surface area contributed by atoms with Gasteiger partial charge in [0.05, 0.1) is 7.11 Å². The van der Waals surface area contributed by atoms with Crippen LogP contribution in [-0.4, -0.2) is 66.0 Å². The highest BCUT2D eigenvalue weighted by Gasteiger charge is 2.48. The molecule has 1 aliphatic rings. The first-order chi connectivity index (χ1) is 17.8. The van der Waals surface area contributed by atoms with Gasteiger partial charge in [-0.15, -0.1) is 0 Å². The number of primary amides is 1. The number of hydrogen-bond acceptors (Lipinski definition) is 7. The van der Waals surface area contributed by atoms with Gasteiger partial charge < -0.3 is 30.7 Å². The first-order valence-corrected chi connectivity index (χ1v) is 12.8. The van der Waals surface area contributed by atoms with Crippen LogP contribution in [0.4, 0.5) is 4.79 Å². The molecule has 0 saturated heterocycles. The standard InChI is InChI=1S/C27H40N4O7/c1-7-17-8-10-18(11-9-17)23(24(34)29-15-22(33)37-6)31(20-14-16(20)2)25(35)19(12-13-21(28)32)30-26(36)38-27(3,4)5/h8-11,16,19-20,23H,7,12-15H2,1-6H3,(H2,28,32)(H,29,34)(H,30,36). The molecule has 0 heterocycles. The fourth-order valence-electron chi connectivity index (χ4n) is 4.05. The van der Waals surface area contributed by atoms with Crippen LogP contribution in [0.5, 0.6) is 0 Å². The number of hydrogen-bond donors (Lipinski definition) is 3. The zero-order valence-corrected chi connectivity index (χ0v) is 23.0. The van der Waals surface area contributed by atoms with E-state index in [9.17, 15) is 24.0 Å². The third-order valence-electron chi connectivity index (χ3n) is 6.21. The number of nitrogens with zero attached hydrogens (tertiary/aromatic N) is 1. The van der Waals surface area contributed by atoms with Crippen molar-refractivity contribution in [2.45, 2.75) is 84.0 Å². The molecule has 0 aliphatic heterocycles. The van der Waals surface area contributed by atoms with Gasteiger partial charge in [0.1, 0.15) is 24.2 Å². The van der Waals surface area contributed by atoms with E-state index in [4.69, 9.17) is 10.5 Å². The summed E-state index contributed by atoms with van der Waals surface area (Å²) in [4.78, 5) is 64.9. The predicted molar refractivity (Wildman–Crippen MR) is 140 cm³/mol. The van der Waals surface area contributed by atoms with Gasteiger partial charge in [-0.25, -0.2) is 4.79 Å². The second-order valence-electron chi connectivity index (χ2n) is 10.5. The molecule has 4 atom stereocenters. The number of esters is 1. The average molecular weight is 533 g/mol. The normalized spacial score (nSPS) is 17.9. The van der Waals surface area contributed by atoms with Crippen LogP contribution in [0.2, 0.25) is 0 Å². The highest BCUT2D eigenvalue weighted by atomic mass is 16.6. The van der Waals surface area contributed by atoms with Gasteiger partial charge in [0, 0.05) is 12.5 Å². The Bertz CT molecular complexity index is 1020. The molecule has 4 amide bonds. The molecule has 11 heteroatoms. The van der Waals surface area contributed by atoms with Gasteiger partial charge in [0.15, 0.2) is 0 Å². The van der Waals surface area contributed by atoms with Crippen LogP contribution in [0.3, 0.4) is 0 Å². The quantitative estimate of drug-likeness (QED) is 0.347. The number of carbonyl (C=O) groups excluding carboxylic acids is 5. The first kappa shape index (κ1) is 30.6. The van der Waals surface area contributed by atoms with Crippen LogP contribution < -0.4 is 16.4 Å². The summed E-state index contributed by atoms with van der Waals surface area (Å²) in [6.07, 6.45) is 0.370. The summed E-state index contributed by atoms with van der Waals surface area (Å²) in [7, 11) is 1.21. The van der Waals surface area contributed by atoms with Crippen molar-refractivity contribution in [3.63, 3.8) is 0 Å². The van der Waals surface area contributed by atoms with Crippen molar-refractivity contribution >= 4 is 29.8 Å². The maximum absolute atomic E-state index is 14.1. The highest BCUT2D eigenvalue weighted by molar-refractivity contribution is 5.94. The molecule has 2 rings (SSSR count). The Kier molecular flexibility index (Phi) is 10.7. The fraction of sp³-hybridized carbons (Fsp3) is 0.593. The topological polar surface area (TPSA) is 157 Å². The number of alkyl carbamates (subject to hydrolysis) is 1. The summed E-state index contributed by atoms with van der Waals surface area (Å²) in [5.41, 5.74) is 6.11. The van der Waals surface area contributed by atoms with E-state index in [-0.39, 0.29) is 31.3 Å². The molecule has 1 aromatic rings. The minimum Gasteiger partial charge on any atom is -0.468 e. The summed E-state index contributed by atoms with van der Waals surface area (Å²) in [5.74, 6) is -2.30. The first-order valence-electron chi connectivity index (χ1n) is 12.8. The smallest absolute Gasteiger partial charge is 0.408 e. The molecule has 4 unspecified atom stereocenters. The summed E-state index contributed by atoms with van der Waals surface area (Å²) in [5, 5.41) is 5.12. The lowest BCUT2D eigenvalue weighted by Gasteiger charge is -2.35. The summed E-state index contributed by atoms with van der Waals surface area (Å²) >= 11 is 0. The van der Waals surface area contributed by atoms with E-state index < -0.39 is 47.5 Å².